The summed E-state index contributed by atoms with van der Waals surface area (Å²) in [4.78, 5) is 8.54. The Morgan fingerprint density at radius 2 is 1.90 bits per heavy atom. The maximum absolute atomic E-state index is 14.8. The molecule has 0 radical (unpaired) electrons. The van der Waals surface area contributed by atoms with Crippen molar-refractivity contribution < 1.29 is 4.39 Å². The minimum atomic E-state index is -0.299. The Balaban J connectivity index is 1.55. The van der Waals surface area contributed by atoms with Crippen LogP contribution in [-0.4, -0.2) is 20.2 Å². The second-order valence-corrected chi connectivity index (χ2v) is 8.01. The zero-order valence-electron chi connectivity index (χ0n) is 16.5. The number of aryl methyl sites for hydroxylation is 2. The molecule has 0 spiro atoms. The molecule has 0 saturated heterocycles. The highest BCUT2D eigenvalue weighted by Gasteiger charge is 2.19. The van der Waals surface area contributed by atoms with Gasteiger partial charge in [-0.05, 0) is 55.9 Å². The maximum atomic E-state index is 14.8. The van der Waals surface area contributed by atoms with Crippen LogP contribution in [0.1, 0.15) is 54.8 Å². The number of nitrogens with one attached hydrogen (secondary N) is 3. The molecule has 0 amide bonds. The van der Waals surface area contributed by atoms with Crippen LogP contribution in [0.25, 0.3) is 0 Å². The van der Waals surface area contributed by atoms with Crippen molar-refractivity contribution in [1.82, 2.24) is 20.2 Å². The van der Waals surface area contributed by atoms with Gasteiger partial charge in [-0.25, -0.2) is 9.37 Å². The Morgan fingerprint density at radius 1 is 1.10 bits per heavy atom. The Bertz CT molecular complexity index is 1010. The summed E-state index contributed by atoms with van der Waals surface area (Å²) < 4.78 is 14.8. The van der Waals surface area contributed by atoms with Gasteiger partial charge >= 0.3 is 0 Å². The van der Waals surface area contributed by atoms with Crippen molar-refractivity contribution in [3.05, 3.63) is 52.1 Å². The highest BCUT2D eigenvalue weighted by Crippen LogP contribution is 2.36. The normalized spacial score (nSPS) is 14.8. The smallest absolute Gasteiger partial charge is 0.229 e. The van der Waals surface area contributed by atoms with Gasteiger partial charge in [0, 0.05) is 11.8 Å². The Labute approximate surface area is 174 Å². The van der Waals surface area contributed by atoms with Crippen LogP contribution in [0.2, 0.25) is 5.02 Å². The van der Waals surface area contributed by atoms with E-state index in [9.17, 15) is 4.39 Å². The van der Waals surface area contributed by atoms with E-state index in [-0.39, 0.29) is 11.8 Å². The predicted molar refractivity (Wildman–Crippen MR) is 114 cm³/mol. The third-order valence-electron chi connectivity index (χ3n) is 5.34. The molecule has 1 saturated carbocycles. The van der Waals surface area contributed by atoms with Gasteiger partial charge < -0.3 is 10.6 Å². The second kappa shape index (κ2) is 8.37. The van der Waals surface area contributed by atoms with Gasteiger partial charge in [-0.1, -0.05) is 30.9 Å². The lowest BCUT2D eigenvalue weighted by Crippen LogP contribution is -2.08. The summed E-state index contributed by atoms with van der Waals surface area (Å²) in [6.45, 7) is 3.93. The molecular weight excluding hydrogens is 391 g/mol. The van der Waals surface area contributed by atoms with Gasteiger partial charge in [-0.3, -0.25) is 5.10 Å². The Hall–Kier alpha value is -2.67. The van der Waals surface area contributed by atoms with E-state index in [1.807, 2.05) is 26.0 Å². The van der Waals surface area contributed by atoms with Crippen molar-refractivity contribution in [3.8, 4) is 0 Å². The first kappa shape index (κ1) is 19.6. The van der Waals surface area contributed by atoms with Crippen LogP contribution in [0.5, 0.6) is 0 Å². The summed E-state index contributed by atoms with van der Waals surface area (Å²) in [5.74, 6) is 1.40. The lowest BCUT2D eigenvalue weighted by molar-refractivity contribution is 0.441. The monoisotopic (exact) mass is 414 g/mol. The molecule has 2 heterocycles. The van der Waals surface area contributed by atoms with Crippen molar-refractivity contribution in [2.75, 3.05) is 10.6 Å². The molecule has 6 nitrogen and oxygen atoms in total. The van der Waals surface area contributed by atoms with Gasteiger partial charge in [-0.2, -0.15) is 10.1 Å². The molecule has 0 bridgehead atoms. The summed E-state index contributed by atoms with van der Waals surface area (Å²) in [5, 5.41) is 13.3. The third-order valence-corrected chi connectivity index (χ3v) is 5.62. The van der Waals surface area contributed by atoms with Crippen LogP contribution in [0.4, 0.5) is 27.7 Å². The molecule has 4 rings (SSSR count). The molecular formula is C21H24ClFN6. The summed E-state index contributed by atoms with van der Waals surface area (Å²) in [6, 6.07) is 5.33. The quantitative estimate of drug-likeness (QED) is 0.467. The molecule has 1 aromatic carbocycles. The lowest BCUT2D eigenvalue weighted by atomic mass is 9.82. The highest BCUT2D eigenvalue weighted by molar-refractivity contribution is 6.32. The van der Waals surface area contributed by atoms with Crippen LogP contribution in [-0.2, 0) is 0 Å². The third kappa shape index (κ3) is 4.50. The van der Waals surface area contributed by atoms with Crippen LogP contribution < -0.4 is 10.6 Å². The van der Waals surface area contributed by atoms with Crippen molar-refractivity contribution >= 4 is 34.9 Å². The average Bonchev–Trinajstić information content (AvgIpc) is 3.12. The van der Waals surface area contributed by atoms with Gasteiger partial charge in [0.1, 0.15) is 10.8 Å². The second-order valence-electron chi connectivity index (χ2n) is 7.60. The zero-order valence-corrected chi connectivity index (χ0v) is 17.3. The summed E-state index contributed by atoms with van der Waals surface area (Å²) in [7, 11) is 0. The number of anilines is 4. The van der Waals surface area contributed by atoms with E-state index in [4.69, 9.17) is 11.6 Å². The number of H-pyrrole nitrogens is 1. The Morgan fingerprint density at radius 3 is 2.62 bits per heavy atom. The predicted octanol–water partition coefficient (Wildman–Crippen LogP) is 6.14. The number of nitrogens with zero attached hydrogens (tertiary/aromatic N) is 3. The molecule has 29 heavy (non-hydrogen) atoms. The van der Waals surface area contributed by atoms with Crippen LogP contribution >= 0.6 is 11.6 Å². The minimum Gasteiger partial charge on any atom is -0.322 e. The maximum Gasteiger partial charge on any atom is 0.229 e. The molecule has 1 fully saturated rings. The number of aromatic nitrogens is 4. The van der Waals surface area contributed by atoms with Gasteiger partial charge in [0.05, 0.1) is 11.9 Å². The first-order valence-electron chi connectivity index (χ1n) is 9.88. The molecule has 1 aliphatic carbocycles. The van der Waals surface area contributed by atoms with Crippen LogP contribution in [0, 0.1) is 19.7 Å². The van der Waals surface area contributed by atoms with E-state index in [0.29, 0.717) is 28.3 Å². The fourth-order valence-corrected chi connectivity index (χ4v) is 4.02. The van der Waals surface area contributed by atoms with E-state index in [0.717, 1.165) is 29.7 Å². The first-order chi connectivity index (χ1) is 14.0. The standard InChI is InChI=1S/C21H24ClFN6/c1-12-8-18(17(23)10-15(12)14-6-4-3-5-7-14)25-21-24-11-16(22)20(27-21)26-19-9-13(2)28-29-19/h8-11,14H,3-7H2,1-2H3,(H3,24,25,26,27,28,29). The summed E-state index contributed by atoms with van der Waals surface area (Å²) in [6.07, 6.45) is 7.45. The molecule has 2 aromatic heterocycles. The number of hydrogen-bond donors (Lipinski definition) is 3. The number of rotatable bonds is 5. The fraction of sp³-hybridized carbons (Fsp3) is 0.381. The van der Waals surface area contributed by atoms with Gasteiger partial charge in [0.2, 0.25) is 5.95 Å². The molecule has 0 aliphatic heterocycles. The molecule has 8 heteroatoms. The first-order valence-corrected chi connectivity index (χ1v) is 10.3. The van der Waals surface area contributed by atoms with Gasteiger partial charge in [-0.15, -0.1) is 0 Å². The van der Waals surface area contributed by atoms with E-state index in [1.54, 1.807) is 6.07 Å². The summed E-state index contributed by atoms with van der Waals surface area (Å²) in [5.41, 5.74) is 3.46. The molecule has 0 unspecified atom stereocenters. The Kier molecular flexibility index (Phi) is 5.67. The molecule has 3 aromatic rings. The van der Waals surface area contributed by atoms with Crippen molar-refractivity contribution in [1.29, 1.82) is 0 Å². The SMILES string of the molecule is Cc1cc(Nc2nc(Nc3cc(C)c(C4CCCCC4)cc3F)ncc2Cl)n[nH]1. The van der Waals surface area contributed by atoms with Crippen LogP contribution in [0.3, 0.4) is 0 Å². The molecule has 152 valence electrons. The number of hydrogen-bond acceptors (Lipinski definition) is 5. The molecule has 1 aliphatic rings. The zero-order chi connectivity index (χ0) is 20.4. The van der Waals surface area contributed by atoms with Crippen molar-refractivity contribution in [2.24, 2.45) is 0 Å². The topological polar surface area (TPSA) is 78.5 Å². The van der Waals surface area contributed by atoms with E-state index in [1.165, 1.54) is 25.5 Å². The van der Waals surface area contributed by atoms with E-state index < -0.39 is 0 Å². The molecule has 3 N–H and O–H groups in total. The average molecular weight is 415 g/mol. The molecule has 0 atom stereocenters. The number of halogens is 2. The van der Waals surface area contributed by atoms with Crippen molar-refractivity contribution in [2.45, 2.75) is 51.9 Å². The van der Waals surface area contributed by atoms with Gasteiger partial charge in [0.25, 0.3) is 0 Å². The number of aromatic amines is 1. The van der Waals surface area contributed by atoms with Crippen molar-refractivity contribution in [3.63, 3.8) is 0 Å². The van der Waals surface area contributed by atoms with E-state index in [2.05, 4.69) is 30.8 Å². The largest absolute Gasteiger partial charge is 0.322 e. The van der Waals surface area contributed by atoms with E-state index >= 15 is 0 Å². The summed E-state index contributed by atoms with van der Waals surface area (Å²) >= 11 is 6.19. The lowest BCUT2D eigenvalue weighted by Gasteiger charge is -2.24. The van der Waals surface area contributed by atoms with Crippen LogP contribution in [0.15, 0.2) is 24.4 Å². The fourth-order valence-electron chi connectivity index (χ4n) is 3.88. The number of benzene rings is 1. The van der Waals surface area contributed by atoms with Gasteiger partial charge in [0.15, 0.2) is 11.6 Å². The highest BCUT2D eigenvalue weighted by atomic mass is 35.5. The minimum absolute atomic E-state index is 0.257.